The Labute approximate surface area is 76.7 Å². The fraction of sp³-hybridized carbons (Fsp3) is 0.750. The summed E-state index contributed by atoms with van der Waals surface area (Å²) in [4.78, 5) is 0. The first kappa shape index (κ1) is 8.05. The number of hydrogen-bond acceptors (Lipinski definition) is 2. The quantitative estimate of drug-likeness (QED) is 0.706. The highest BCUT2D eigenvalue weighted by Crippen LogP contribution is 2.28. The molecule has 0 aromatic carbocycles. The second kappa shape index (κ2) is 3.05. The Hall–Kier alpha value is -0.570. The van der Waals surface area contributed by atoms with E-state index < -0.39 is 0 Å². The van der Waals surface area contributed by atoms with Crippen LogP contribution < -0.4 is 0 Å². The Morgan fingerprint density at radius 1 is 1.50 bits per heavy atom. The lowest BCUT2D eigenvalue weighted by molar-refractivity contribution is 0.274. The number of halogens is 1. The highest BCUT2D eigenvalue weighted by Gasteiger charge is 2.19. The molecule has 1 aromatic rings. The van der Waals surface area contributed by atoms with Crippen molar-refractivity contribution in [1.29, 1.82) is 0 Å². The van der Waals surface area contributed by atoms with Crippen LogP contribution in [-0.4, -0.2) is 14.8 Å². The molecule has 0 aliphatic heterocycles. The van der Waals surface area contributed by atoms with Gasteiger partial charge >= 0.3 is 0 Å². The molecular formula is C8H12ClN3. The van der Waals surface area contributed by atoms with Gasteiger partial charge in [-0.25, -0.2) is 0 Å². The van der Waals surface area contributed by atoms with Crippen molar-refractivity contribution < 1.29 is 0 Å². The number of aromatic nitrogens is 3. The van der Waals surface area contributed by atoms with Crippen molar-refractivity contribution in [2.45, 2.75) is 32.7 Å². The monoisotopic (exact) mass is 185 g/mol. The van der Waals surface area contributed by atoms with Crippen LogP contribution in [0.5, 0.6) is 0 Å². The molecule has 1 aliphatic carbocycles. The molecule has 4 heteroatoms. The van der Waals surface area contributed by atoms with E-state index in [1.54, 1.807) is 0 Å². The van der Waals surface area contributed by atoms with E-state index in [9.17, 15) is 0 Å². The summed E-state index contributed by atoms with van der Waals surface area (Å²) in [5, 5.41) is 8.24. The summed E-state index contributed by atoms with van der Waals surface area (Å²) in [7, 11) is 0. The van der Waals surface area contributed by atoms with Crippen molar-refractivity contribution in [3.8, 4) is 0 Å². The van der Waals surface area contributed by atoms with Crippen molar-refractivity contribution in [1.82, 2.24) is 14.8 Å². The van der Waals surface area contributed by atoms with Crippen molar-refractivity contribution in [2.75, 3.05) is 0 Å². The van der Waals surface area contributed by atoms with Gasteiger partial charge in [-0.1, -0.05) is 6.42 Å². The molecule has 0 N–H and O–H groups in total. The van der Waals surface area contributed by atoms with Crippen LogP contribution in [0.1, 0.15) is 25.1 Å². The van der Waals surface area contributed by atoms with E-state index in [2.05, 4.69) is 10.2 Å². The molecule has 1 fully saturated rings. The molecule has 0 radical (unpaired) electrons. The molecule has 3 nitrogen and oxygen atoms in total. The Morgan fingerprint density at radius 2 is 2.25 bits per heavy atom. The largest absolute Gasteiger partial charge is 0.302 e. The second-order valence-electron chi connectivity index (χ2n) is 3.42. The van der Waals surface area contributed by atoms with Crippen molar-refractivity contribution in [3.05, 3.63) is 11.1 Å². The number of hydrogen-bond donors (Lipinski definition) is 0. The van der Waals surface area contributed by atoms with Gasteiger partial charge < -0.3 is 4.57 Å². The van der Waals surface area contributed by atoms with Crippen LogP contribution in [-0.2, 0) is 6.54 Å². The predicted octanol–water partition coefficient (Wildman–Crippen LogP) is 2.04. The summed E-state index contributed by atoms with van der Waals surface area (Å²) in [5.74, 6) is 1.73. The van der Waals surface area contributed by atoms with E-state index in [1.165, 1.54) is 19.3 Å². The molecule has 2 rings (SSSR count). The second-order valence-corrected chi connectivity index (χ2v) is 3.76. The van der Waals surface area contributed by atoms with E-state index in [4.69, 9.17) is 11.6 Å². The molecule has 66 valence electrons. The fourth-order valence-corrected chi connectivity index (χ4v) is 1.73. The molecule has 12 heavy (non-hydrogen) atoms. The van der Waals surface area contributed by atoms with E-state index in [0.717, 1.165) is 18.3 Å². The molecule has 0 unspecified atom stereocenters. The summed E-state index contributed by atoms with van der Waals surface area (Å²) >= 11 is 5.86. The van der Waals surface area contributed by atoms with Crippen LogP contribution in [0.25, 0.3) is 0 Å². The van der Waals surface area contributed by atoms with Gasteiger partial charge in [0.2, 0.25) is 5.28 Å². The first-order chi connectivity index (χ1) is 5.77. The maximum atomic E-state index is 5.86. The van der Waals surface area contributed by atoms with Crippen molar-refractivity contribution >= 4 is 11.6 Å². The van der Waals surface area contributed by atoms with Gasteiger partial charge in [0, 0.05) is 6.54 Å². The van der Waals surface area contributed by atoms with Gasteiger partial charge in [-0.05, 0) is 37.3 Å². The normalized spacial score (nSPS) is 17.8. The molecule has 0 saturated heterocycles. The maximum Gasteiger partial charge on any atom is 0.225 e. The van der Waals surface area contributed by atoms with Crippen LogP contribution in [0, 0.1) is 12.8 Å². The molecule has 0 spiro atoms. The van der Waals surface area contributed by atoms with E-state index >= 15 is 0 Å². The third kappa shape index (κ3) is 1.33. The van der Waals surface area contributed by atoms with Gasteiger partial charge in [0.25, 0.3) is 0 Å². The lowest BCUT2D eigenvalue weighted by Gasteiger charge is -2.25. The van der Waals surface area contributed by atoms with Gasteiger partial charge in [0.1, 0.15) is 5.82 Å². The smallest absolute Gasteiger partial charge is 0.225 e. The maximum absolute atomic E-state index is 5.86. The lowest BCUT2D eigenvalue weighted by atomic mass is 9.85. The Kier molecular flexibility index (Phi) is 2.05. The minimum atomic E-state index is 0.527. The summed E-state index contributed by atoms with van der Waals surface area (Å²) in [6.45, 7) is 2.94. The van der Waals surface area contributed by atoms with Crippen LogP contribution in [0.2, 0.25) is 5.28 Å². The van der Waals surface area contributed by atoms with Gasteiger partial charge in [0.05, 0.1) is 0 Å². The van der Waals surface area contributed by atoms with Crippen molar-refractivity contribution in [3.63, 3.8) is 0 Å². The number of aryl methyl sites for hydroxylation is 1. The molecular weight excluding hydrogens is 174 g/mol. The first-order valence-corrected chi connectivity index (χ1v) is 4.70. The summed E-state index contributed by atoms with van der Waals surface area (Å²) < 4.78 is 1.99. The molecule has 0 amide bonds. The fourth-order valence-electron chi connectivity index (χ4n) is 1.50. The molecule has 1 aromatic heterocycles. The summed E-state index contributed by atoms with van der Waals surface area (Å²) in [5.41, 5.74) is 0. The van der Waals surface area contributed by atoms with E-state index in [-0.39, 0.29) is 0 Å². The Balaban J connectivity index is 2.10. The third-order valence-electron chi connectivity index (χ3n) is 2.56. The van der Waals surface area contributed by atoms with E-state index in [1.807, 2.05) is 11.5 Å². The molecule has 0 atom stereocenters. The van der Waals surface area contributed by atoms with Crippen LogP contribution >= 0.6 is 11.6 Å². The standard InChI is InChI=1S/C8H12ClN3/c1-6-10-11-8(9)12(6)5-7-3-2-4-7/h7H,2-5H2,1H3. The minimum Gasteiger partial charge on any atom is -0.302 e. The zero-order chi connectivity index (χ0) is 8.55. The number of nitrogens with zero attached hydrogens (tertiary/aromatic N) is 3. The molecule has 1 aliphatic rings. The number of rotatable bonds is 2. The zero-order valence-electron chi connectivity index (χ0n) is 7.13. The lowest BCUT2D eigenvalue weighted by Crippen LogP contribution is -2.18. The van der Waals surface area contributed by atoms with Crippen LogP contribution in [0.3, 0.4) is 0 Å². The van der Waals surface area contributed by atoms with Crippen molar-refractivity contribution in [2.24, 2.45) is 5.92 Å². The summed E-state index contributed by atoms with van der Waals surface area (Å²) in [6, 6.07) is 0. The van der Waals surface area contributed by atoms with Crippen LogP contribution in [0.15, 0.2) is 0 Å². The molecule has 1 saturated carbocycles. The highest BCUT2D eigenvalue weighted by atomic mass is 35.5. The minimum absolute atomic E-state index is 0.527. The molecule has 1 heterocycles. The highest BCUT2D eigenvalue weighted by molar-refractivity contribution is 6.28. The topological polar surface area (TPSA) is 30.7 Å². The summed E-state index contributed by atoms with van der Waals surface area (Å²) in [6.07, 6.45) is 4.02. The Bertz CT molecular complexity index is 258. The zero-order valence-corrected chi connectivity index (χ0v) is 7.88. The average molecular weight is 186 g/mol. The average Bonchev–Trinajstić information content (AvgIpc) is 2.25. The van der Waals surface area contributed by atoms with Gasteiger partial charge in [-0.2, -0.15) is 0 Å². The van der Waals surface area contributed by atoms with Gasteiger partial charge in [-0.3, -0.25) is 0 Å². The third-order valence-corrected chi connectivity index (χ3v) is 2.84. The van der Waals surface area contributed by atoms with Gasteiger partial charge in [-0.15, -0.1) is 10.2 Å². The first-order valence-electron chi connectivity index (χ1n) is 4.32. The van der Waals surface area contributed by atoms with Gasteiger partial charge in [0.15, 0.2) is 0 Å². The predicted molar refractivity (Wildman–Crippen MR) is 47.1 cm³/mol. The SMILES string of the molecule is Cc1nnc(Cl)n1CC1CCC1. The molecule has 0 bridgehead atoms. The van der Waals surface area contributed by atoms with E-state index in [0.29, 0.717) is 5.28 Å². The van der Waals surface area contributed by atoms with Crippen LogP contribution in [0.4, 0.5) is 0 Å². The Morgan fingerprint density at radius 3 is 2.67 bits per heavy atom.